The molecule has 0 saturated carbocycles. The molecule has 0 fully saturated rings. The Hall–Kier alpha value is -1.16. The van der Waals surface area contributed by atoms with Crippen LogP contribution in [0.2, 0.25) is 0 Å². The zero-order valence-electron chi connectivity index (χ0n) is 12.8. The van der Waals surface area contributed by atoms with E-state index in [2.05, 4.69) is 0 Å². The van der Waals surface area contributed by atoms with E-state index >= 15 is 0 Å². The van der Waals surface area contributed by atoms with Gasteiger partial charge in [-0.25, -0.2) is 8.42 Å². The quantitative estimate of drug-likeness (QED) is 0.572. The lowest BCUT2D eigenvalue weighted by atomic mass is 10.0. The molecule has 0 bridgehead atoms. The number of benzene rings is 1. The highest BCUT2D eigenvalue weighted by atomic mass is 32.2. The Morgan fingerprint density at radius 2 is 1.80 bits per heavy atom. The summed E-state index contributed by atoms with van der Waals surface area (Å²) in [7, 11) is -3.35. The van der Waals surface area contributed by atoms with Crippen LogP contribution in [0.4, 0.5) is 0 Å². The lowest BCUT2D eigenvalue weighted by Crippen LogP contribution is -2.29. The number of hydrogen-bond donors (Lipinski definition) is 0. The van der Waals surface area contributed by atoms with Crippen molar-refractivity contribution < 1.29 is 13.2 Å². The van der Waals surface area contributed by atoms with Crippen LogP contribution in [0.25, 0.3) is 0 Å². The first kappa shape index (κ1) is 16.9. The van der Waals surface area contributed by atoms with Crippen LogP contribution in [0, 0.1) is 13.8 Å². The summed E-state index contributed by atoms with van der Waals surface area (Å²) in [5, 5.41) is -0.957. The highest BCUT2D eigenvalue weighted by molar-refractivity contribution is 7.92. The molecule has 0 heterocycles. The van der Waals surface area contributed by atoms with E-state index in [1.165, 1.54) is 6.92 Å². The molecule has 1 aromatic rings. The van der Waals surface area contributed by atoms with Crippen LogP contribution in [0.15, 0.2) is 18.2 Å². The molecule has 0 aliphatic heterocycles. The summed E-state index contributed by atoms with van der Waals surface area (Å²) in [5.74, 6) is -0.205. The Labute approximate surface area is 122 Å². The highest BCUT2D eigenvalue weighted by Crippen LogP contribution is 2.16. The molecular formula is C16H24O3S. The number of rotatable bonds is 7. The van der Waals surface area contributed by atoms with Gasteiger partial charge in [0.2, 0.25) is 0 Å². The number of sulfone groups is 1. The molecule has 0 aliphatic rings. The van der Waals surface area contributed by atoms with Crippen LogP contribution in [0.1, 0.15) is 54.6 Å². The Bertz CT molecular complexity index is 573. The molecule has 1 aromatic carbocycles. The molecule has 0 spiro atoms. The van der Waals surface area contributed by atoms with Crippen molar-refractivity contribution in [1.29, 1.82) is 0 Å². The lowest BCUT2D eigenvalue weighted by molar-refractivity contribution is 0.0991. The molecule has 4 heteroatoms. The highest BCUT2D eigenvalue weighted by Gasteiger charge is 2.28. The van der Waals surface area contributed by atoms with E-state index in [0.29, 0.717) is 12.0 Å². The van der Waals surface area contributed by atoms with Gasteiger partial charge in [-0.15, -0.1) is 0 Å². The number of aryl methyl sites for hydroxylation is 2. The van der Waals surface area contributed by atoms with Crippen LogP contribution in [-0.2, 0) is 9.84 Å². The predicted octanol–water partition coefficient (Wildman–Crippen LogP) is 3.48. The normalized spacial score (nSPS) is 13.2. The van der Waals surface area contributed by atoms with Gasteiger partial charge in [0.05, 0.1) is 5.75 Å². The van der Waals surface area contributed by atoms with Crippen molar-refractivity contribution >= 4 is 15.6 Å². The van der Waals surface area contributed by atoms with Gasteiger partial charge in [-0.1, -0.05) is 31.9 Å². The number of ketones is 1. The fourth-order valence-corrected chi connectivity index (χ4v) is 3.44. The van der Waals surface area contributed by atoms with Gasteiger partial charge in [-0.2, -0.15) is 0 Å². The van der Waals surface area contributed by atoms with Crippen molar-refractivity contribution in [3.05, 3.63) is 34.9 Å². The molecule has 1 rings (SSSR count). The van der Waals surface area contributed by atoms with Crippen molar-refractivity contribution in [2.45, 2.75) is 52.2 Å². The van der Waals surface area contributed by atoms with Crippen LogP contribution in [-0.4, -0.2) is 25.2 Å². The largest absolute Gasteiger partial charge is 0.293 e. The van der Waals surface area contributed by atoms with Crippen molar-refractivity contribution in [2.24, 2.45) is 0 Å². The first-order valence-electron chi connectivity index (χ1n) is 7.12. The minimum atomic E-state index is -3.35. The van der Waals surface area contributed by atoms with E-state index in [4.69, 9.17) is 0 Å². The number of hydrogen-bond acceptors (Lipinski definition) is 3. The molecule has 20 heavy (non-hydrogen) atoms. The summed E-state index contributed by atoms with van der Waals surface area (Å²) >= 11 is 0. The third kappa shape index (κ3) is 4.17. The fourth-order valence-electron chi connectivity index (χ4n) is 2.02. The van der Waals surface area contributed by atoms with Gasteiger partial charge in [0.1, 0.15) is 5.25 Å². The molecule has 112 valence electrons. The Morgan fingerprint density at radius 3 is 2.35 bits per heavy atom. The fraction of sp³-hybridized carbons (Fsp3) is 0.562. The average molecular weight is 296 g/mol. The Balaban J connectivity index is 2.87. The first-order valence-corrected chi connectivity index (χ1v) is 8.84. The Kier molecular flexibility index (Phi) is 5.93. The lowest BCUT2D eigenvalue weighted by Gasteiger charge is -2.13. The van der Waals surface area contributed by atoms with Crippen molar-refractivity contribution in [3.8, 4) is 0 Å². The molecule has 1 unspecified atom stereocenters. The molecule has 0 saturated heterocycles. The standard InChI is InChI=1S/C16H24O3S/c1-5-6-7-10-20(18,19)14(4)16(17)15-9-8-12(2)13(3)11-15/h8-9,11,14H,5-7,10H2,1-4H3. The smallest absolute Gasteiger partial charge is 0.180 e. The minimum Gasteiger partial charge on any atom is -0.293 e. The van der Waals surface area contributed by atoms with Crippen LogP contribution >= 0.6 is 0 Å². The maximum Gasteiger partial charge on any atom is 0.180 e. The van der Waals surface area contributed by atoms with E-state index in [1.807, 2.05) is 26.8 Å². The zero-order valence-corrected chi connectivity index (χ0v) is 13.6. The SMILES string of the molecule is CCCCCS(=O)(=O)C(C)C(=O)c1ccc(C)c(C)c1. The first-order chi connectivity index (χ1) is 9.29. The summed E-state index contributed by atoms with van der Waals surface area (Å²) in [6.45, 7) is 7.41. The van der Waals surface area contributed by atoms with E-state index in [9.17, 15) is 13.2 Å². The summed E-state index contributed by atoms with van der Waals surface area (Å²) in [6.07, 6.45) is 2.47. The number of carbonyl (C=O) groups is 1. The second-order valence-corrected chi connectivity index (χ2v) is 7.82. The summed E-state index contributed by atoms with van der Waals surface area (Å²) in [6, 6.07) is 5.34. The minimum absolute atomic E-state index is 0.0958. The average Bonchev–Trinajstić information content (AvgIpc) is 2.40. The maximum atomic E-state index is 12.3. The second-order valence-electron chi connectivity index (χ2n) is 5.38. The molecule has 0 N–H and O–H groups in total. The van der Waals surface area contributed by atoms with Gasteiger partial charge in [0, 0.05) is 5.56 Å². The summed E-state index contributed by atoms with van der Waals surface area (Å²) in [4.78, 5) is 12.3. The van der Waals surface area contributed by atoms with Gasteiger partial charge >= 0.3 is 0 Å². The number of carbonyl (C=O) groups excluding carboxylic acids is 1. The van der Waals surface area contributed by atoms with Crippen molar-refractivity contribution in [2.75, 3.05) is 5.75 Å². The molecular weight excluding hydrogens is 272 g/mol. The zero-order chi connectivity index (χ0) is 15.3. The van der Waals surface area contributed by atoms with Gasteiger partial charge in [-0.3, -0.25) is 4.79 Å². The summed E-state index contributed by atoms with van der Waals surface area (Å²) < 4.78 is 24.3. The molecule has 0 aliphatic carbocycles. The monoisotopic (exact) mass is 296 g/mol. The van der Waals surface area contributed by atoms with E-state index in [-0.39, 0.29) is 11.5 Å². The maximum absolute atomic E-state index is 12.3. The van der Waals surface area contributed by atoms with E-state index < -0.39 is 15.1 Å². The predicted molar refractivity (Wildman–Crippen MR) is 83.0 cm³/mol. The molecule has 0 amide bonds. The van der Waals surface area contributed by atoms with Gasteiger partial charge in [0.15, 0.2) is 15.6 Å². The number of Topliss-reactive ketones (excluding diaryl/α,β-unsaturated/α-hetero) is 1. The van der Waals surface area contributed by atoms with Crippen LogP contribution < -0.4 is 0 Å². The van der Waals surface area contributed by atoms with Gasteiger partial charge in [0.25, 0.3) is 0 Å². The van der Waals surface area contributed by atoms with Gasteiger partial charge in [-0.05, 0) is 44.4 Å². The number of unbranched alkanes of at least 4 members (excludes halogenated alkanes) is 2. The Morgan fingerprint density at radius 1 is 1.15 bits per heavy atom. The third-order valence-corrected chi connectivity index (χ3v) is 5.88. The third-order valence-electron chi connectivity index (χ3n) is 3.73. The molecule has 0 aromatic heterocycles. The summed E-state index contributed by atoms with van der Waals surface area (Å²) in [5.41, 5.74) is 2.59. The van der Waals surface area contributed by atoms with Crippen molar-refractivity contribution in [1.82, 2.24) is 0 Å². The second kappa shape index (κ2) is 7.02. The topological polar surface area (TPSA) is 51.2 Å². The molecule has 3 nitrogen and oxygen atoms in total. The van der Waals surface area contributed by atoms with Crippen LogP contribution in [0.5, 0.6) is 0 Å². The van der Waals surface area contributed by atoms with E-state index in [1.54, 1.807) is 12.1 Å². The molecule has 1 atom stereocenters. The van der Waals surface area contributed by atoms with E-state index in [0.717, 1.165) is 24.0 Å². The van der Waals surface area contributed by atoms with Gasteiger partial charge < -0.3 is 0 Å². The van der Waals surface area contributed by atoms with Crippen molar-refractivity contribution in [3.63, 3.8) is 0 Å². The van der Waals surface area contributed by atoms with Crippen LogP contribution in [0.3, 0.4) is 0 Å². The molecule has 0 radical (unpaired) electrons.